The van der Waals surface area contributed by atoms with E-state index in [0.717, 1.165) is 12.8 Å². The molecule has 258 valence electrons. The van der Waals surface area contributed by atoms with Crippen LogP contribution in [-0.4, -0.2) is 13.7 Å². The Balaban J connectivity index is 1.23. The van der Waals surface area contributed by atoms with Gasteiger partial charge in [0.2, 0.25) is 0 Å². The number of aromatic nitrogens is 3. The molecule has 0 fully saturated rings. The first-order valence-corrected chi connectivity index (χ1v) is 18.8. The Morgan fingerprint density at radius 2 is 1.04 bits per heavy atom. The zero-order chi connectivity index (χ0) is 36.2. The maximum absolute atomic E-state index is 4.21. The van der Waals surface area contributed by atoms with Gasteiger partial charge in [0.25, 0.3) is 0 Å². The largest absolute Gasteiger partial charge is 0.313 e. The second-order valence-corrected chi connectivity index (χ2v) is 14.2. The summed E-state index contributed by atoms with van der Waals surface area (Å²) in [5.74, 6) is 0. The Morgan fingerprint density at radius 1 is 0.500 bits per heavy atom. The molecule has 0 N–H and O–H groups in total. The number of benzene rings is 7. The summed E-state index contributed by atoms with van der Waals surface area (Å²) in [7, 11) is 0. The minimum absolute atomic E-state index is 0.729. The van der Waals surface area contributed by atoms with Crippen molar-refractivity contribution >= 4 is 66.3 Å². The van der Waals surface area contributed by atoms with Crippen molar-refractivity contribution in [2.24, 2.45) is 0 Å². The van der Waals surface area contributed by atoms with Crippen LogP contribution in [0.15, 0.2) is 183 Å². The van der Waals surface area contributed by atoms with Crippen LogP contribution in [0.25, 0.3) is 77.7 Å². The van der Waals surface area contributed by atoms with Crippen LogP contribution in [0, 0.1) is 6.92 Å². The number of fused-ring (bicyclic) bond motifs is 7. The topological polar surface area (TPSA) is 14.8 Å². The molecule has 0 saturated carbocycles. The zero-order valence-corrected chi connectivity index (χ0v) is 30.3. The van der Waals surface area contributed by atoms with Gasteiger partial charge in [0.1, 0.15) is 0 Å². The van der Waals surface area contributed by atoms with Gasteiger partial charge in [0, 0.05) is 56.0 Å². The first-order valence-electron chi connectivity index (χ1n) is 18.8. The smallest absolute Gasteiger partial charge is 0.0562 e. The number of rotatable bonds is 8. The van der Waals surface area contributed by atoms with E-state index in [9.17, 15) is 0 Å². The molecule has 0 bridgehead atoms. The molecular formula is C51H39N3. The van der Waals surface area contributed by atoms with Crippen molar-refractivity contribution in [3.63, 3.8) is 0 Å². The van der Waals surface area contributed by atoms with E-state index in [1.165, 1.54) is 94.0 Å². The van der Waals surface area contributed by atoms with Gasteiger partial charge in [-0.2, -0.15) is 0 Å². The third-order valence-electron chi connectivity index (χ3n) is 11.1. The monoisotopic (exact) mass is 693 g/mol. The predicted molar refractivity (Wildman–Crippen MR) is 230 cm³/mol. The van der Waals surface area contributed by atoms with Gasteiger partial charge in [-0.15, -0.1) is 6.58 Å². The Labute approximate surface area is 315 Å². The standard InChI is InChI=1S/C51H39N3/c1-3-18-38(53-46-28-14-8-22-39(46)40-23-9-15-29-47(40)53)34-43-35(2)52(45-27-13-10-24-41(43)45)49-31-17-32-50-51(49)42-25-11-16-30-48(42)54(50)44-26-12-7-21-37(44)33-36-19-5-4-6-20-36/h3-17,19-32,34H,1,18,33H2,2H3/b38-34+. The van der Waals surface area contributed by atoms with E-state index in [1.807, 2.05) is 6.08 Å². The molecule has 3 heteroatoms. The van der Waals surface area contributed by atoms with Crippen LogP contribution in [0.3, 0.4) is 0 Å². The number of hydrogen-bond acceptors (Lipinski definition) is 0. The number of hydrogen-bond donors (Lipinski definition) is 0. The molecule has 0 aliphatic heterocycles. The second kappa shape index (κ2) is 13.0. The van der Waals surface area contributed by atoms with Crippen LogP contribution in [0.4, 0.5) is 0 Å². The summed E-state index contributed by atoms with van der Waals surface area (Å²) in [6.45, 7) is 6.48. The maximum atomic E-state index is 4.21. The summed E-state index contributed by atoms with van der Waals surface area (Å²) in [5, 5.41) is 6.23. The molecule has 54 heavy (non-hydrogen) atoms. The molecule has 0 amide bonds. The van der Waals surface area contributed by atoms with E-state index >= 15 is 0 Å². The van der Waals surface area contributed by atoms with Crippen LogP contribution >= 0.6 is 0 Å². The van der Waals surface area contributed by atoms with Crippen molar-refractivity contribution in [3.05, 3.63) is 205 Å². The van der Waals surface area contributed by atoms with E-state index in [4.69, 9.17) is 0 Å². The summed E-state index contributed by atoms with van der Waals surface area (Å²) in [6.07, 6.45) is 6.01. The highest BCUT2D eigenvalue weighted by molar-refractivity contribution is 6.14. The molecule has 10 rings (SSSR count). The highest BCUT2D eigenvalue weighted by Gasteiger charge is 2.22. The van der Waals surface area contributed by atoms with Crippen molar-refractivity contribution in [1.29, 1.82) is 0 Å². The normalized spacial score (nSPS) is 12.1. The fourth-order valence-electron chi connectivity index (χ4n) is 8.79. The molecule has 0 radical (unpaired) electrons. The average Bonchev–Trinajstić information content (AvgIpc) is 3.83. The van der Waals surface area contributed by atoms with E-state index in [1.54, 1.807) is 0 Å². The Bertz CT molecular complexity index is 3020. The quantitative estimate of drug-likeness (QED) is 0.141. The minimum atomic E-state index is 0.729. The van der Waals surface area contributed by atoms with Gasteiger partial charge < -0.3 is 13.7 Å². The molecule has 3 nitrogen and oxygen atoms in total. The Morgan fingerprint density at radius 3 is 1.74 bits per heavy atom. The van der Waals surface area contributed by atoms with Crippen molar-refractivity contribution < 1.29 is 0 Å². The Hall–Kier alpha value is -6.84. The summed E-state index contributed by atoms with van der Waals surface area (Å²) >= 11 is 0. The zero-order valence-electron chi connectivity index (χ0n) is 30.3. The molecule has 7 aromatic carbocycles. The van der Waals surface area contributed by atoms with Crippen LogP contribution in [0.1, 0.15) is 28.8 Å². The number of nitrogens with zero attached hydrogens (tertiary/aromatic N) is 3. The molecule has 0 saturated heterocycles. The van der Waals surface area contributed by atoms with Crippen LogP contribution in [0.2, 0.25) is 0 Å². The highest BCUT2D eigenvalue weighted by atomic mass is 15.0. The molecule has 3 aromatic heterocycles. The fraction of sp³-hybridized carbons (Fsp3) is 0.0588. The van der Waals surface area contributed by atoms with Gasteiger partial charge in [-0.1, -0.05) is 133 Å². The van der Waals surface area contributed by atoms with E-state index in [-0.39, 0.29) is 0 Å². The first kappa shape index (κ1) is 31.9. The van der Waals surface area contributed by atoms with Crippen molar-refractivity contribution in [3.8, 4) is 11.4 Å². The predicted octanol–water partition coefficient (Wildman–Crippen LogP) is 13.3. The number of allylic oxidation sites excluding steroid dienone is 2. The SMILES string of the molecule is C=CC/C(=C\c1c(C)n(-c2cccc3c2c2ccccc2n3-c2ccccc2Cc2ccccc2)c2ccccc12)n1c2ccccc2c2ccccc21. The lowest BCUT2D eigenvalue weighted by Crippen LogP contribution is -2.01. The maximum Gasteiger partial charge on any atom is 0.0562 e. The van der Waals surface area contributed by atoms with E-state index in [0.29, 0.717) is 0 Å². The average molecular weight is 694 g/mol. The van der Waals surface area contributed by atoms with E-state index in [2.05, 4.69) is 203 Å². The number of para-hydroxylation sites is 5. The van der Waals surface area contributed by atoms with E-state index < -0.39 is 0 Å². The van der Waals surface area contributed by atoms with Crippen LogP contribution in [-0.2, 0) is 6.42 Å². The van der Waals surface area contributed by atoms with Gasteiger partial charge in [-0.05, 0) is 73.0 Å². The summed E-state index contributed by atoms with van der Waals surface area (Å²) in [4.78, 5) is 0. The fourth-order valence-corrected chi connectivity index (χ4v) is 8.79. The third-order valence-corrected chi connectivity index (χ3v) is 11.1. The minimum Gasteiger partial charge on any atom is -0.313 e. The molecule has 0 unspecified atom stereocenters. The van der Waals surface area contributed by atoms with Crippen molar-refractivity contribution in [2.45, 2.75) is 19.8 Å². The Kier molecular flexibility index (Phi) is 7.66. The van der Waals surface area contributed by atoms with Gasteiger partial charge in [-0.25, -0.2) is 0 Å². The summed E-state index contributed by atoms with van der Waals surface area (Å²) in [5.41, 5.74) is 14.6. The van der Waals surface area contributed by atoms with Crippen molar-refractivity contribution in [1.82, 2.24) is 13.7 Å². The van der Waals surface area contributed by atoms with Gasteiger partial charge in [-0.3, -0.25) is 0 Å². The molecule has 0 aliphatic rings. The molecule has 10 aromatic rings. The lowest BCUT2D eigenvalue weighted by Gasteiger charge is -2.15. The molecule has 0 aliphatic carbocycles. The molecule has 0 spiro atoms. The van der Waals surface area contributed by atoms with Gasteiger partial charge >= 0.3 is 0 Å². The third kappa shape index (κ3) is 4.97. The molecule has 0 atom stereocenters. The lowest BCUT2D eigenvalue weighted by molar-refractivity contribution is 1.06. The van der Waals surface area contributed by atoms with Crippen LogP contribution in [0.5, 0.6) is 0 Å². The van der Waals surface area contributed by atoms with Crippen LogP contribution < -0.4 is 0 Å². The second-order valence-electron chi connectivity index (χ2n) is 14.2. The lowest BCUT2D eigenvalue weighted by atomic mass is 10.0. The van der Waals surface area contributed by atoms with Gasteiger partial charge in [0.15, 0.2) is 0 Å². The summed E-state index contributed by atoms with van der Waals surface area (Å²) < 4.78 is 7.38. The highest BCUT2D eigenvalue weighted by Crippen LogP contribution is 2.41. The molecule has 3 heterocycles. The molecular weight excluding hydrogens is 655 g/mol. The van der Waals surface area contributed by atoms with Gasteiger partial charge in [0.05, 0.1) is 33.3 Å². The van der Waals surface area contributed by atoms with Crippen molar-refractivity contribution in [2.75, 3.05) is 0 Å². The summed E-state index contributed by atoms with van der Waals surface area (Å²) in [6, 6.07) is 61.6. The first-order chi connectivity index (χ1) is 26.7.